The third-order valence-corrected chi connectivity index (χ3v) is 5.77. The summed E-state index contributed by atoms with van der Waals surface area (Å²) in [5.74, 6) is -0.867. The van der Waals surface area contributed by atoms with Crippen molar-refractivity contribution in [3.8, 4) is 5.75 Å². The number of ketones is 1. The fourth-order valence-corrected chi connectivity index (χ4v) is 4.19. The van der Waals surface area contributed by atoms with E-state index >= 15 is 0 Å². The van der Waals surface area contributed by atoms with Crippen LogP contribution in [0.1, 0.15) is 41.6 Å². The van der Waals surface area contributed by atoms with Gasteiger partial charge in [0.25, 0.3) is 11.7 Å². The molecule has 33 heavy (non-hydrogen) atoms. The monoisotopic (exact) mass is 441 g/mol. The molecule has 1 N–H and O–H groups in total. The van der Waals surface area contributed by atoms with Gasteiger partial charge in [0.15, 0.2) is 0 Å². The molecule has 0 radical (unpaired) electrons. The number of hydrogen-bond donors (Lipinski definition) is 1. The third kappa shape index (κ3) is 4.27. The second-order valence-electron chi connectivity index (χ2n) is 8.24. The Labute approximate surface area is 193 Å². The predicted molar refractivity (Wildman–Crippen MR) is 129 cm³/mol. The molecule has 5 nitrogen and oxygen atoms in total. The van der Waals surface area contributed by atoms with Crippen LogP contribution in [-0.2, 0) is 9.59 Å². The van der Waals surface area contributed by atoms with Crippen molar-refractivity contribution >= 4 is 23.1 Å². The lowest BCUT2D eigenvalue weighted by Crippen LogP contribution is -2.30. The van der Waals surface area contributed by atoms with Crippen molar-refractivity contribution in [1.82, 2.24) is 0 Å². The van der Waals surface area contributed by atoms with Crippen LogP contribution in [0, 0.1) is 13.8 Å². The largest absolute Gasteiger partial charge is 0.507 e. The molecule has 3 aromatic rings. The first kappa shape index (κ1) is 22.3. The van der Waals surface area contributed by atoms with Crippen LogP contribution in [-0.4, -0.2) is 23.4 Å². The van der Waals surface area contributed by atoms with Gasteiger partial charge in [-0.05, 0) is 61.7 Å². The van der Waals surface area contributed by atoms with Crippen LogP contribution < -0.4 is 9.64 Å². The van der Waals surface area contributed by atoms with E-state index in [2.05, 4.69) is 0 Å². The van der Waals surface area contributed by atoms with Crippen molar-refractivity contribution in [2.45, 2.75) is 33.2 Å². The fraction of sp³-hybridized carbons (Fsp3) is 0.214. The normalized spacial score (nSPS) is 17.4. The van der Waals surface area contributed by atoms with E-state index in [0.717, 1.165) is 23.1 Å². The minimum atomic E-state index is -0.733. The summed E-state index contributed by atoms with van der Waals surface area (Å²) in [5.41, 5.74) is 3.89. The maximum Gasteiger partial charge on any atom is 0.300 e. The van der Waals surface area contributed by atoms with Crippen LogP contribution in [0.25, 0.3) is 5.76 Å². The molecule has 5 heteroatoms. The molecule has 0 aliphatic carbocycles. The first-order valence-corrected chi connectivity index (χ1v) is 11.1. The first-order valence-electron chi connectivity index (χ1n) is 11.1. The number of aliphatic hydroxyl groups is 1. The molecule has 168 valence electrons. The van der Waals surface area contributed by atoms with Gasteiger partial charge in [0.05, 0.1) is 18.2 Å². The molecule has 0 aromatic heterocycles. The molecular formula is C28H27NO4. The van der Waals surface area contributed by atoms with E-state index in [-0.39, 0.29) is 11.3 Å². The minimum absolute atomic E-state index is 0.0772. The zero-order valence-corrected chi connectivity index (χ0v) is 19.0. The molecule has 3 aromatic carbocycles. The molecule has 0 bridgehead atoms. The highest BCUT2D eigenvalue weighted by Gasteiger charge is 2.47. The van der Waals surface area contributed by atoms with Crippen molar-refractivity contribution in [1.29, 1.82) is 0 Å². The quantitative estimate of drug-likeness (QED) is 0.302. The summed E-state index contributed by atoms with van der Waals surface area (Å²) in [6.45, 7) is 6.52. The number of aliphatic hydroxyl groups excluding tert-OH is 1. The average Bonchev–Trinajstić information content (AvgIpc) is 3.08. The molecule has 0 spiro atoms. The summed E-state index contributed by atoms with van der Waals surface area (Å²) in [5, 5.41) is 11.2. The van der Waals surface area contributed by atoms with Gasteiger partial charge in [-0.3, -0.25) is 14.5 Å². The first-order chi connectivity index (χ1) is 15.9. The molecule has 1 aliphatic heterocycles. The smallest absolute Gasteiger partial charge is 0.300 e. The lowest BCUT2D eigenvalue weighted by Gasteiger charge is -2.27. The Hall–Kier alpha value is -3.86. The molecule has 1 unspecified atom stereocenters. The third-order valence-electron chi connectivity index (χ3n) is 5.77. The molecule has 1 heterocycles. The van der Waals surface area contributed by atoms with E-state index in [1.54, 1.807) is 24.3 Å². The Balaban J connectivity index is 1.85. The average molecular weight is 442 g/mol. The van der Waals surface area contributed by atoms with Gasteiger partial charge in [0.2, 0.25) is 0 Å². The number of anilines is 1. The Morgan fingerprint density at radius 3 is 2.30 bits per heavy atom. The highest BCUT2D eigenvalue weighted by atomic mass is 16.5. The molecule has 0 saturated carbocycles. The van der Waals surface area contributed by atoms with E-state index in [0.29, 0.717) is 23.6 Å². The molecule has 4 rings (SSSR count). The summed E-state index contributed by atoms with van der Waals surface area (Å²) < 4.78 is 5.61. The van der Waals surface area contributed by atoms with E-state index in [1.807, 2.05) is 69.3 Å². The molecule has 1 fully saturated rings. The highest BCUT2D eigenvalue weighted by Crippen LogP contribution is 2.43. The predicted octanol–water partition coefficient (Wildman–Crippen LogP) is 5.72. The lowest BCUT2D eigenvalue weighted by molar-refractivity contribution is -0.132. The zero-order valence-electron chi connectivity index (χ0n) is 19.0. The molecule has 1 atom stereocenters. The summed E-state index contributed by atoms with van der Waals surface area (Å²) >= 11 is 0. The Kier molecular flexibility index (Phi) is 6.31. The summed E-state index contributed by atoms with van der Waals surface area (Å²) in [6, 6.07) is 21.2. The Morgan fingerprint density at radius 2 is 1.67 bits per heavy atom. The SMILES string of the molecule is CCCOc1ccc(/C(O)=C2\C(=O)C(=O)N(c3ccc(C)cc3C)C2c2ccccc2)cc1. The minimum Gasteiger partial charge on any atom is -0.507 e. The number of hydrogen-bond acceptors (Lipinski definition) is 4. The molecule has 1 saturated heterocycles. The maximum absolute atomic E-state index is 13.3. The molecular weight excluding hydrogens is 414 g/mol. The van der Waals surface area contributed by atoms with Gasteiger partial charge in [-0.1, -0.05) is 55.0 Å². The van der Waals surface area contributed by atoms with Crippen molar-refractivity contribution in [3.63, 3.8) is 0 Å². The molecule has 1 amide bonds. The van der Waals surface area contributed by atoms with Crippen LogP contribution in [0.3, 0.4) is 0 Å². The van der Waals surface area contributed by atoms with E-state index < -0.39 is 17.7 Å². The van der Waals surface area contributed by atoms with E-state index in [4.69, 9.17) is 4.74 Å². The number of carbonyl (C=O) groups excluding carboxylic acids is 2. The second-order valence-corrected chi connectivity index (χ2v) is 8.24. The lowest BCUT2D eigenvalue weighted by atomic mass is 9.95. The van der Waals surface area contributed by atoms with Crippen molar-refractivity contribution in [2.24, 2.45) is 0 Å². The standard InChI is InChI=1S/C28H27NO4/c1-4-16-33-22-13-11-21(12-14-22)26(30)24-25(20-8-6-5-7-9-20)29(28(32)27(24)31)23-15-10-18(2)17-19(23)3/h5-15,17,25,30H,4,16H2,1-3H3/b26-24+. The van der Waals surface area contributed by atoms with Gasteiger partial charge >= 0.3 is 0 Å². The summed E-state index contributed by atoms with van der Waals surface area (Å²) in [4.78, 5) is 28.0. The van der Waals surface area contributed by atoms with Gasteiger partial charge < -0.3 is 9.84 Å². The van der Waals surface area contributed by atoms with Crippen LogP contribution in [0.2, 0.25) is 0 Å². The zero-order chi connectivity index (χ0) is 23.5. The van der Waals surface area contributed by atoms with Crippen LogP contribution in [0.15, 0.2) is 78.4 Å². The van der Waals surface area contributed by atoms with Crippen molar-refractivity contribution in [3.05, 3.63) is 101 Å². The number of Topliss-reactive ketones (excluding diaryl/α,β-unsaturated/α-hetero) is 1. The Bertz CT molecular complexity index is 1210. The molecule has 1 aliphatic rings. The maximum atomic E-state index is 13.3. The van der Waals surface area contributed by atoms with Crippen molar-refractivity contribution in [2.75, 3.05) is 11.5 Å². The number of amides is 1. The van der Waals surface area contributed by atoms with E-state index in [9.17, 15) is 14.7 Å². The Morgan fingerprint density at radius 1 is 0.970 bits per heavy atom. The highest BCUT2D eigenvalue weighted by molar-refractivity contribution is 6.51. The number of benzene rings is 3. The van der Waals surface area contributed by atoms with Gasteiger partial charge in [0.1, 0.15) is 11.5 Å². The summed E-state index contributed by atoms with van der Waals surface area (Å²) in [7, 11) is 0. The van der Waals surface area contributed by atoms with Crippen LogP contribution in [0.5, 0.6) is 5.75 Å². The van der Waals surface area contributed by atoms with Gasteiger partial charge in [-0.25, -0.2) is 0 Å². The number of aryl methyl sites for hydroxylation is 2. The van der Waals surface area contributed by atoms with Gasteiger partial charge in [0, 0.05) is 11.3 Å². The second kappa shape index (κ2) is 9.33. The summed E-state index contributed by atoms with van der Waals surface area (Å²) in [6.07, 6.45) is 0.890. The number of nitrogens with zero attached hydrogens (tertiary/aromatic N) is 1. The van der Waals surface area contributed by atoms with Crippen LogP contribution >= 0.6 is 0 Å². The number of ether oxygens (including phenoxy) is 1. The number of carbonyl (C=O) groups is 2. The van der Waals surface area contributed by atoms with E-state index in [1.165, 1.54) is 4.90 Å². The van der Waals surface area contributed by atoms with Crippen molar-refractivity contribution < 1.29 is 19.4 Å². The van der Waals surface area contributed by atoms with Gasteiger partial charge in [-0.2, -0.15) is 0 Å². The number of rotatable bonds is 6. The topological polar surface area (TPSA) is 66.8 Å². The van der Waals surface area contributed by atoms with Crippen LogP contribution in [0.4, 0.5) is 5.69 Å². The fourth-order valence-electron chi connectivity index (χ4n) is 4.19. The van der Waals surface area contributed by atoms with Gasteiger partial charge in [-0.15, -0.1) is 0 Å².